The number of aromatic hydroxyl groups is 3. The number of rotatable bonds is 2. The normalized spacial score (nSPS) is 10.5. The number of para-hydroxylation sites is 2. The van der Waals surface area contributed by atoms with Crippen molar-refractivity contribution in [1.29, 1.82) is 0 Å². The van der Waals surface area contributed by atoms with Gasteiger partial charge < -0.3 is 15.3 Å². The number of phenols is 3. The first kappa shape index (κ1) is 13.1. The van der Waals surface area contributed by atoms with E-state index in [1.807, 2.05) is 6.07 Å². The van der Waals surface area contributed by atoms with Crippen LogP contribution in [-0.4, -0.2) is 15.3 Å². The number of benzene rings is 3. The fraction of sp³-hybridized carbons (Fsp3) is 0. The SMILES string of the molecule is Oc1ccccc1-c1cccc(O)c1-c1ccccc1O. The van der Waals surface area contributed by atoms with E-state index in [1.165, 1.54) is 0 Å². The molecule has 0 atom stereocenters. The molecule has 3 aromatic rings. The van der Waals surface area contributed by atoms with Crippen LogP contribution in [-0.2, 0) is 0 Å². The first-order valence-corrected chi connectivity index (χ1v) is 6.57. The van der Waals surface area contributed by atoms with Gasteiger partial charge in [-0.25, -0.2) is 0 Å². The summed E-state index contributed by atoms with van der Waals surface area (Å²) in [5.41, 5.74) is 2.28. The Labute approximate surface area is 122 Å². The fourth-order valence-corrected chi connectivity index (χ4v) is 2.43. The van der Waals surface area contributed by atoms with Crippen LogP contribution in [0.5, 0.6) is 17.2 Å². The molecule has 0 aromatic heterocycles. The molecule has 21 heavy (non-hydrogen) atoms. The van der Waals surface area contributed by atoms with Gasteiger partial charge in [-0.05, 0) is 23.8 Å². The zero-order valence-electron chi connectivity index (χ0n) is 11.2. The molecule has 3 heteroatoms. The summed E-state index contributed by atoms with van der Waals surface area (Å²) in [7, 11) is 0. The molecule has 0 aliphatic carbocycles. The van der Waals surface area contributed by atoms with Crippen molar-refractivity contribution in [2.24, 2.45) is 0 Å². The smallest absolute Gasteiger partial charge is 0.124 e. The molecular weight excluding hydrogens is 264 g/mol. The van der Waals surface area contributed by atoms with Gasteiger partial charge in [-0.2, -0.15) is 0 Å². The molecule has 0 aliphatic rings. The summed E-state index contributed by atoms with van der Waals surface area (Å²) in [5.74, 6) is 0.257. The predicted molar refractivity (Wildman–Crippen MR) is 82.3 cm³/mol. The number of hydrogen-bond acceptors (Lipinski definition) is 3. The lowest BCUT2D eigenvalue weighted by atomic mass is 9.93. The first-order chi connectivity index (χ1) is 10.2. The lowest BCUT2D eigenvalue weighted by Crippen LogP contribution is -1.87. The van der Waals surface area contributed by atoms with E-state index in [4.69, 9.17) is 0 Å². The summed E-state index contributed by atoms with van der Waals surface area (Å²) in [6.07, 6.45) is 0. The highest BCUT2D eigenvalue weighted by atomic mass is 16.3. The number of hydrogen-bond donors (Lipinski definition) is 3. The minimum Gasteiger partial charge on any atom is -0.507 e. The Balaban J connectivity index is 2.32. The Morgan fingerprint density at radius 1 is 0.429 bits per heavy atom. The van der Waals surface area contributed by atoms with Crippen LogP contribution in [0.4, 0.5) is 0 Å². The molecule has 3 rings (SSSR count). The van der Waals surface area contributed by atoms with Crippen molar-refractivity contribution in [1.82, 2.24) is 0 Å². The molecule has 0 heterocycles. The second-order valence-electron chi connectivity index (χ2n) is 4.73. The lowest BCUT2D eigenvalue weighted by Gasteiger charge is -2.14. The van der Waals surface area contributed by atoms with Crippen LogP contribution < -0.4 is 0 Å². The van der Waals surface area contributed by atoms with Crippen LogP contribution >= 0.6 is 0 Å². The average molecular weight is 278 g/mol. The van der Waals surface area contributed by atoms with E-state index in [0.29, 0.717) is 22.3 Å². The molecule has 104 valence electrons. The zero-order chi connectivity index (χ0) is 14.8. The maximum atomic E-state index is 10.2. The van der Waals surface area contributed by atoms with Crippen molar-refractivity contribution in [3.05, 3.63) is 66.7 Å². The van der Waals surface area contributed by atoms with E-state index < -0.39 is 0 Å². The standard InChI is InChI=1S/C18H14O3/c19-15-9-3-1-6-12(15)13-8-5-11-17(21)18(13)14-7-2-4-10-16(14)20/h1-11,19-21H. The van der Waals surface area contributed by atoms with Gasteiger partial charge in [-0.15, -0.1) is 0 Å². The topological polar surface area (TPSA) is 60.7 Å². The van der Waals surface area contributed by atoms with Crippen molar-refractivity contribution in [3.63, 3.8) is 0 Å². The molecule has 3 nitrogen and oxygen atoms in total. The highest BCUT2D eigenvalue weighted by molar-refractivity contribution is 5.91. The van der Waals surface area contributed by atoms with E-state index in [9.17, 15) is 15.3 Å². The molecule has 0 fully saturated rings. The van der Waals surface area contributed by atoms with Gasteiger partial charge in [0, 0.05) is 16.7 Å². The predicted octanol–water partition coefficient (Wildman–Crippen LogP) is 4.14. The minimum absolute atomic E-state index is 0.0530. The molecule has 3 N–H and O–H groups in total. The van der Waals surface area contributed by atoms with Gasteiger partial charge in [0.15, 0.2) is 0 Å². The monoisotopic (exact) mass is 278 g/mol. The largest absolute Gasteiger partial charge is 0.507 e. The van der Waals surface area contributed by atoms with Gasteiger partial charge in [0.1, 0.15) is 17.2 Å². The van der Waals surface area contributed by atoms with E-state index in [-0.39, 0.29) is 17.2 Å². The van der Waals surface area contributed by atoms with E-state index >= 15 is 0 Å². The summed E-state index contributed by atoms with van der Waals surface area (Å²) in [4.78, 5) is 0. The molecule has 0 radical (unpaired) electrons. The maximum Gasteiger partial charge on any atom is 0.124 e. The second-order valence-corrected chi connectivity index (χ2v) is 4.73. The molecule has 0 spiro atoms. The van der Waals surface area contributed by atoms with Crippen molar-refractivity contribution in [2.75, 3.05) is 0 Å². The summed E-state index contributed by atoms with van der Waals surface area (Å²) in [5, 5.41) is 30.3. The van der Waals surface area contributed by atoms with Crippen LogP contribution in [0.2, 0.25) is 0 Å². The molecular formula is C18H14O3. The average Bonchev–Trinajstić information content (AvgIpc) is 2.49. The van der Waals surface area contributed by atoms with Gasteiger partial charge >= 0.3 is 0 Å². The molecule has 0 bridgehead atoms. The van der Waals surface area contributed by atoms with Gasteiger partial charge in [0.05, 0.1) is 0 Å². The number of phenolic OH excluding ortho intramolecular Hbond substituents is 3. The van der Waals surface area contributed by atoms with Crippen LogP contribution in [0.15, 0.2) is 66.7 Å². The molecule has 0 unspecified atom stereocenters. The fourth-order valence-electron chi connectivity index (χ4n) is 2.43. The molecule has 0 aliphatic heterocycles. The van der Waals surface area contributed by atoms with Crippen molar-refractivity contribution in [3.8, 4) is 39.5 Å². The van der Waals surface area contributed by atoms with Crippen LogP contribution in [0.1, 0.15) is 0 Å². The highest BCUT2D eigenvalue weighted by Gasteiger charge is 2.16. The van der Waals surface area contributed by atoms with E-state index in [0.717, 1.165) is 0 Å². The summed E-state index contributed by atoms with van der Waals surface area (Å²) >= 11 is 0. The minimum atomic E-state index is 0.0530. The van der Waals surface area contributed by atoms with Crippen LogP contribution in [0, 0.1) is 0 Å². The molecule has 0 saturated carbocycles. The quantitative estimate of drug-likeness (QED) is 0.660. The first-order valence-electron chi connectivity index (χ1n) is 6.57. The third-order valence-corrected chi connectivity index (χ3v) is 3.41. The molecule has 0 amide bonds. The summed E-state index contributed by atoms with van der Waals surface area (Å²) in [6, 6.07) is 18.8. The Morgan fingerprint density at radius 2 is 0.905 bits per heavy atom. The van der Waals surface area contributed by atoms with E-state index in [1.54, 1.807) is 60.7 Å². The Kier molecular flexibility index (Phi) is 3.24. The Bertz CT molecular complexity index is 794. The third kappa shape index (κ3) is 2.30. The van der Waals surface area contributed by atoms with Crippen molar-refractivity contribution >= 4 is 0 Å². The van der Waals surface area contributed by atoms with Crippen molar-refractivity contribution < 1.29 is 15.3 Å². The van der Waals surface area contributed by atoms with Gasteiger partial charge in [0.2, 0.25) is 0 Å². The zero-order valence-corrected chi connectivity index (χ0v) is 11.2. The third-order valence-electron chi connectivity index (χ3n) is 3.41. The Hall–Kier alpha value is -2.94. The van der Waals surface area contributed by atoms with Crippen molar-refractivity contribution in [2.45, 2.75) is 0 Å². The Morgan fingerprint density at radius 3 is 1.52 bits per heavy atom. The summed E-state index contributed by atoms with van der Waals surface area (Å²) in [6.45, 7) is 0. The van der Waals surface area contributed by atoms with E-state index in [2.05, 4.69) is 0 Å². The van der Waals surface area contributed by atoms with Gasteiger partial charge in [-0.3, -0.25) is 0 Å². The van der Waals surface area contributed by atoms with Crippen LogP contribution in [0.3, 0.4) is 0 Å². The maximum absolute atomic E-state index is 10.2. The summed E-state index contributed by atoms with van der Waals surface area (Å²) < 4.78 is 0. The second kappa shape index (κ2) is 5.21. The van der Waals surface area contributed by atoms with Gasteiger partial charge in [-0.1, -0.05) is 48.5 Å². The lowest BCUT2D eigenvalue weighted by molar-refractivity contribution is 0.469. The van der Waals surface area contributed by atoms with Crippen LogP contribution in [0.25, 0.3) is 22.3 Å². The molecule has 0 saturated heterocycles. The highest BCUT2D eigenvalue weighted by Crippen LogP contribution is 2.44. The molecule has 3 aromatic carbocycles. The van der Waals surface area contributed by atoms with Gasteiger partial charge in [0.25, 0.3) is 0 Å².